The molecule has 1 saturated heterocycles. The number of ether oxygens (including phenoxy) is 1. The monoisotopic (exact) mass is 268 g/mol. The van der Waals surface area contributed by atoms with E-state index in [1.54, 1.807) is 19.1 Å². The molecule has 0 radical (unpaired) electrons. The van der Waals surface area contributed by atoms with E-state index in [0.717, 1.165) is 27.5 Å². The molecule has 0 bridgehead atoms. The smallest absolute Gasteiger partial charge is 0.317 e. The molecule has 1 unspecified atom stereocenters. The zero-order chi connectivity index (χ0) is 13.4. The van der Waals surface area contributed by atoms with Crippen molar-refractivity contribution in [1.82, 2.24) is 10.2 Å². The summed E-state index contributed by atoms with van der Waals surface area (Å²) in [6.07, 6.45) is 0. The third kappa shape index (κ3) is 2.01. The quantitative estimate of drug-likeness (QED) is 0.896. The second-order valence-corrected chi connectivity index (χ2v) is 5.01. The summed E-state index contributed by atoms with van der Waals surface area (Å²) in [4.78, 5) is 13.2. The average Bonchev–Trinajstić information content (AvgIpc) is 2.65. The maximum Gasteiger partial charge on any atom is 0.317 e. The molecule has 1 aromatic carbocycles. The molecule has 2 rings (SSSR count). The molecule has 1 atom stereocenters. The van der Waals surface area contributed by atoms with E-state index < -0.39 is 0 Å². The molecule has 0 spiro atoms. The fourth-order valence-corrected chi connectivity index (χ4v) is 2.52. The van der Waals surface area contributed by atoms with E-state index in [2.05, 4.69) is 5.32 Å². The fourth-order valence-electron chi connectivity index (χ4n) is 2.36. The predicted octanol–water partition coefficient (Wildman–Crippen LogP) is 2.66. The molecule has 1 N–H and O–H groups in total. The van der Waals surface area contributed by atoms with Gasteiger partial charge in [-0.15, -0.1) is 0 Å². The summed E-state index contributed by atoms with van der Waals surface area (Å²) in [6, 6.07) is 1.77. The molecule has 98 valence electrons. The normalized spacial score (nSPS) is 19.1. The van der Waals surface area contributed by atoms with Gasteiger partial charge in [0.15, 0.2) is 0 Å². The molecule has 0 aliphatic carbocycles. The first-order valence-corrected chi connectivity index (χ1v) is 6.18. The van der Waals surface area contributed by atoms with Crippen molar-refractivity contribution < 1.29 is 9.53 Å². The van der Waals surface area contributed by atoms with Crippen LogP contribution >= 0.6 is 11.6 Å². The number of carbonyl (C=O) groups excluding carboxylic acids is 1. The molecule has 2 amide bonds. The van der Waals surface area contributed by atoms with Crippen LogP contribution in [0.2, 0.25) is 5.02 Å². The van der Waals surface area contributed by atoms with Crippen LogP contribution in [0.3, 0.4) is 0 Å². The number of amides is 2. The lowest BCUT2D eigenvalue weighted by molar-refractivity contribution is 0.226. The maximum atomic E-state index is 11.6. The maximum absolute atomic E-state index is 11.6. The van der Waals surface area contributed by atoms with E-state index in [4.69, 9.17) is 16.3 Å². The van der Waals surface area contributed by atoms with Crippen LogP contribution < -0.4 is 10.1 Å². The van der Waals surface area contributed by atoms with Gasteiger partial charge in [0.25, 0.3) is 0 Å². The number of carbonyl (C=O) groups is 1. The van der Waals surface area contributed by atoms with E-state index in [1.807, 2.05) is 19.9 Å². The fraction of sp³-hybridized carbons (Fsp3) is 0.462. The van der Waals surface area contributed by atoms with Gasteiger partial charge in [0.1, 0.15) is 5.75 Å². The van der Waals surface area contributed by atoms with Crippen LogP contribution in [-0.2, 0) is 0 Å². The minimum atomic E-state index is -0.0736. The molecule has 0 saturated carbocycles. The van der Waals surface area contributed by atoms with Gasteiger partial charge in [-0.25, -0.2) is 4.79 Å². The number of rotatable bonds is 2. The largest absolute Gasteiger partial charge is 0.496 e. The third-order valence-corrected chi connectivity index (χ3v) is 3.94. The number of nitrogens with zero attached hydrogens (tertiary/aromatic N) is 1. The minimum absolute atomic E-state index is 0.0712. The van der Waals surface area contributed by atoms with Gasteiger partial charge in [-0.05, 0) is 31.0 Å². The number of aryl methyl sites for hydroxylation is 1. The van der Waals surface area contributed by atoms with E-state index in [9.17, 15) is 4.79 Å². The van der Waals surface area contributed by atoms with E-state index in [-0.39, 0.29) is 12.1 Å². The van der Waals surface area contributed by atoms with Gasteiger partial charge in [0.2, 0.25) is 0 Å². The number of halogens is 1. The number of hydrogen-bond donors (Lipinski definition) is 1. The van der Waals surface area contributed by atoms with Crippen LogP contribution in [0.15, 0.2) is 6.07 Å². The molecule has 1 fully saturated rings. The first-order chi connectivity index (χ1) is 8.45. The van der Waals surface area contributed by atoms with Crippen molar-refractivity contribution in [3.05, 3.63) is 27.8 Å². The lowest BCUT2D eigenvalue weighted by atomic mass is 9.98. The van der Waals surface area contributed by atoms with Gasteiger partial charge >= 0.3 is 6.03 Å². The van der Waals surface area contributed by atoms with E-state index >= 15 is 0 Å². The topological polar surface area (TPSA) is 41.6 Å². The number of methoxy groups -OCH3 is 1. The summed E-state index contributed by atoms with van der Waals surface area (Å²) < 4.78 is 5.42. The number of likely N-dealkylation sites (N-methyl/N-ethyl adjacent to an activating group) is 1. The van der Waals surface area contributed by atoms with Crippen LogP contribution in [0, 0.1) is 13.8 Å². The highest BCUT2D eigenvalue weighted by Gasteiger charge is 2.31. The zero-order valence-corrected chi connectivity index (χ0v) is 11.8. The number of urea groups is 1. The van der Waals surface area contributed by atoms with Crippen molar-refractivity contribution in [2.75, 3.05) is 20.7 Å². The molecule has 1 aliphatic heterocycles. The van der Waals surface area contributed by atoms with E-state index in [1.165, 1.54) is 0 Å². The SMILES string of the molecule is COc1cc(C)c(Cl)c(C)c1C1CN(C)C(=O)N1. The molecule has 1 aromatic rings. The lowest BCUT2D eigenvalue weighted by Crippen LogP contribution is -2.24. The van der Waals surface area contributed by atoms with Gasteiger partial charge < -0.3 is 15.0 Å². The Balaban J connectivity index is 2.50. The summed E-state index contributed by atoms with van der Waals surface area (Å²) >= 11 is 6.28. The Morgan fingerprint density at radius 1 is 1.50 bits per heavy atom. The molecule has 18 heavy (non-hydrogen) atoms. The van der Waals surface area contributed by atoms with Crippen LogP contribution in [0.5, 0.6) is 5.75 Å². The van der Waals surface area contributed by atoms with Crippen molar-refractivity contribution in [1.29, 1.82) is 0 Å². The van der Waals surface area contributed by atoms with Crippen molar-refractivity contribution in [2.45, 2.75) is 19.9 Å². The molecule has 0 aromatic heterocycles. The molecule has 4 nitrogen and oxygen atoms in total. The van der Waals surface area contributed by atoms with Crippen LogP contribution in [0.25, 0.3) is 0 Å². The highest BCUT2D eigenvalue weighted by Crippen LogP contribution is 2.37. The second kappa shape index (κ2) is 4.69. The summed E-state index contributed by atoms with van der Waals surface area (Å²) in [5.41, 5.74) is 2.91. The Morgan fingerprint density at radius 3 is 2.67 bits per heavy atom. The summed E-state index contributed by atoms with van der Waals surface area (Å²) in [5, 5.41) is 3.66. The zero-order valence-electron chi connectivity index (χ0n) is 11.0. The van der Waals surface area contributed by atoms with Gasteiger partial charge in [-0.2, -0.15) is 0 Å². The average molecular weight is 269 g/mol. The minimum Gasteiger partial charge on any atom is -0.496 e. The number of hydrogen-bond acceptors (Lipinski definition) is 2. The summed E-state index contributed by atoms with van der Waals surface area (Å²) in [6.45, 7) is 4.52. The van der Waals surface area contributed by atoms with E-state index in [0.29, 0.717) is 6.54 Å². The Morgan fingerprint density at radius 2 is 2.17 bits per heavy atom. The highest BCUT2D eigenvalue weighted by atomic mass is 35.5. The van der Waals surface area contributed by atoms with Crippen molar-refractivity contribution in [3.8, 4) is 5.75 Å². The third-order valence-electron chi connectivity index (χ3n) is 3.36. The molecular formula is C13H17ClN2O2. The summed E-state index contributed by atoms with van der Waals surface area (Å²) in [5.74, 6) is 0.773. The second-order valence-electron chi connectivity index (χ2n) is 4.63. The van der Waals surface area contributed by atoms with Crippen molar-refractivity contribution in [2.24, 2.45) is 0 Å². The van der Waals surface area contributed by atoms with Gasteiger partial charge in [0.05, 0.1) is 13.2 Å². The first kappa shape index (κ1) is 13.0. The van der Waals surface area contributed by atoms with Gasteiger partial charge in [0, 0.05) is 24.2 Å². The van der Waals surface area contributed by atoms with Crippen LogP contribution in [0.1, 0.15) is 22.7 Å². The van der Waals surface area contributed by atoms with Crippen molar-refractivity contribution >= 4 is 17.6 Å². The molecular weight excluding hydrogens is 252 g/mol. The molecule has 1 heterocycles. The number of benzene rings is 1. The standard InChI is InChI=1S/C13H17ClN2O2/c1-7-5-10(18-4)11(8(2)12(7)14)9-6-16(3)13(17)15-9/h5,9H,6H2,1-4H3,(H,15,17). The Hall–Kier alpha value is -1.42. The number of nitrogens with one attached hydrogen (secondary N) is 1. The summed E-state index contributed by atoms with van der Waals surface area (Å²) in [7, 11) is 3.40. The first-order valence-electron chi connectivity index (χ1n) is 5.81. The van der Waals surface area contributed by atoms with Gasteiger partial charge in [-0.3, -0.25) is 0 Å². The Kier molecular flexibility index (Phi) is 3.39. The van der Waals surface area contributed by atoms with Crippen LogP contribution in [-0.4, -0.2) is 31.6 Å². The Bertz CT molecular complexity index is 502. The highest BCUT2D eigenvalue weighted by molar-refractivity contribution is 6.32. The Labute approximate surface area is 112 Å². The predicted molar refractivity (Wildman–Crippen MR) is 71.4 cm³/mol. The van der Waals surface area contributed by atoms with Crippen molar-refractivity contribution in [3.63, 3.8) is 0 Å². The van der Waals surface area contributed by atoms with Crippen LogP contribution in [0.4, 0.5) is 4.79 Å². The lowest BCUT2D eigenvalue weighted by Gasteiger charge is -2.19. The van der Waals surface area contributed by atoms with Gasteiger partial charge in [-0.1, -0.05) is 11.6 Å². The molecule has 1 aliphatic rings. The molecule has 5 heteroatoms.